The summed E-state index contributed by atoms with van der Waals surface area (Å²) in [5, 5.41) is 0. The lowest BCUT2D eigenvalue weighted by atomic mass is 10.1. The lowest BCUT2D eigenvalue weighted by molar-refractivity contribution is 0.580. The first-order valence-electron chi connectivity index (χ1n) is 7.38. The second-order valence-electron chi connectivity index (χ2n) is 5.50. The normalized spacial score (nSPS) is 11.8. The predicted molar refractivity (Wildman–Crippen MR) is 98.1 cm³/mol. The zero-order chi connectivity index (χ0) is 17.2. The average Bonchev–Trinajstić information content (AvgIpc) is 3.15. The van der Waals surface area contributed by atoms with Crippen molar-refractivity contribution in [1.29, 1.82) is 0 Å². The summed E-state index contributed by atoms with van der Waals surface area (Å²) in [6.07, 6.45) is 1.95. The van der Waals surface area contributed by atoms with Gasteiger partial charge in [-0.05, 0) is 36.8 Å². The summed E-state index contributed by atoms with van der Waals surface area (Å²) in [5.41, 5.74) is 3.29. The molecule has 1 N–H and O–H groups in total. The SMILES string of the molecule is Cc1cccc(Cn2cccc2CNS(=O)(=O)c2ccc(Cl)s2)c1. The van der Waals surface area contributed by atoms with E-state index in [0.717, 1.165) is 17.0 Å². The van der Waals surface area contributed by atoms with Crippen molar-refractivity contribution in [1.82, 2.24) is 9.29 Å². The predicted octanol–water partition coefficient (Wildman–Crippen LogP) is 4.04. The molecule has 24 heavy (non-hydrogen) atoms. The second-order valence-corrected chi connectivity index (χ2v) is 9.21. The first-order chi connectivity index (χ1) is 11.4. The summed E-state index contributed by atoms with van der Waals surface area (Å²) in [4.78, 5) is 0. The molecule has 3 rings (SSSR count). The highest BCUT2D eigenvalue weighted by molar-refractivity contribution is 7.91. The van der Waals surface area contributed by atoms with Gasteiger partial charge >= 0.3 is 0 Å². The highest BCUT2D eigenvalue weighted by Gasteiger charge is 2.17. The Morgan fingerprint density at radius 1 is 1.17 bits per heavy atom. The number of hydrogen-bond donors (Lipinski definition) is 1. The van der Waals surface area contributed by atoms with E-state index in [4.69, 9.17) is 11.6 Å². The molecule has 0 amide bonds. The fraction of sp³-hybridized carbons (Fsp3) is 0.176. The number of nitrogens with zero attached hydrogens (tertiary/aromatic N) is 1. The first-order valence-corrected chi connectivity index (χ1v) is 10.1. The maximum atomic E-state index is 12.3. The summed E-state index contributed by atoms with van der Waals surface area (Å²) in [5.74, 6) is 0. The summed E-state index contributed by atoms with van der Waals surface area (Å²) >= 11 is 6.87. The summed E-state index contributed by atoms with van der Waals surface area (Å²) in [7, 11) is -3.54. The molecule has 0 saturated heterocycles. The molecule has 7 heteroatoms. The third-order valence-corrected chi connectivity index (χ3v) is 6.74. The van der Waals surface area contributed by atoms with E-state index >= 15 is 0 Å². The molecule has 0 bridgehead atoms. The summed E-state index contributed by atoms with van der Waals surface area (Å²) in [6, 6.07) is 15.2. The quantitative estimate of drug-likeness (QED) is 0.701. The van der Waals surface area contributed by atoms with Gasteiger partial charge in [0.2, 0.25) is 10.0 Å². The Kier molecular flexibility index (Phi) is 5.10. The minimum absolute atomic E-state index is 0.226. The van der Waals surface area contributed by atoms with Gasteiger partial charge < -0.3 is 4.57 Å². The van der Waals surface area contributed by atoms with E-state index in [-0.39, 0.29) is 10.8 Å². The van der Waals surface area contributed by atoms with Gasteiger partial charge in [0, 0.05) is 18.4 Å². The van der Waals surface area contributed by atoms with Crippen LogP contribution in [-0.2, 0) is 23.1 Å². The van der Waals surface area contributed by atoms with Crippen molar-refractivity contribution in [2.45, 2.75) is 24.2 Å². The van der Waals surface area contributed by atoms with E-state index in [1.54, 1.807) is 6.07 Å². The molecule has 0 saturated carbocycles. The monoisotopic (exact) mass is 380 g/mol. The van der Waals surface area contributed by atoms with Crippen molar-refractivity contribution >= 4 is 33.0 Å². The molecule has 0 fully saturated rings. The third kappa shape index (κ3) is 4.08. The molecule has 1 aromatic carbocycles. The fourth-order valence-corrected chi connectivity index (χ4v) is 4.98. The van der Waals surface area contributed by atoms with Gasteiger partial charge in [-0.25, -0.2) is 13.1 Å². The molecule has 4 nitrogen and oxygen atoms in total. The summed E-state index contributed by atoms with van der Waals surface area (Å²) in [6.45, 7) is 2.99. The van der Waals surface area contributed by atoms with E-state index in [9.17, 15) is 8.42 Å². The van der Waals surface area contributed by atoms with Crippen molar-refractivity contribution in [3.8, 4) is 0 Å². The molecule has 126 valence electrons. The highest BCUT2D eigenvalue weighted by Crippen LogP contribution is 2.25. The molecule has 0 aliphatic heterocycles. The Hall–Kier alpha value is -1.60. The van der Waals surface area contributed by atoms with Gasteiger partial charge in [0.15, 0.2) is 0 Å². The number of nitrogens with one attached hydrogen (secondary N) is 1. The number of halogens is 1. The maximum absolute atomic E-state index is 12.3. The minimum Gasteiger partial charge on any atom is -0.346 e. The molecule has 3 aromatic rings. The molecule has 0 aliphatic carbocycles. The Labute approximate surface area is 150 Å². The fourth-order valence-electron chi connectivity index (χ4n) is 2.45. The molecule has 0 spiro atoms. The molecular formula is C17H17ClN2O2S2. The smallest absolute Gasteiger partial charge is 0.250 e. The van der Waals surface area contributed by atoms with Gasteiger partial charge in [0.1, 0.15) is 4.21 Å². The second kappa shape index (κ2) is 7.11. The highest BCUT2D eigenvalue weighted by atomic mass is 35.5. The molecule has 0 unspecified atom stereocenters. The minimum atomic E-state index is -3.54. The van der Waals surface area contributed by atoms with Crippen molar-refractivity contribution in [3.63, 3.8) is 0 Å². The summed E-state index contributed by atoms with van der Waals surface area (Å²) < 4.78 is 29.9. The number of aromatic nitrogens is 1. The lowest BCUT2D eigenvalue weighted by Gasteiger charge is -2.11. The number of thiophene rings is 1. The number of aryl methyl sites for hydroxylation is 1. The van der Waals surface area contributed by atoms with Crippen LogP contribution in [0.25, 0.3) is 0 Å². The zero-order valence-corrected chi connectivity index (χ0v) is 15.5. The van der Waals surface area contributed by atoms with E-state index in [1.165, 1.54) is 17.2 Å². The van der Waals surface area contributed by atoms with Crippen molar-refractivity contribution in [2.24, 2.45) is 0 Å². The topological polar surface area (TPSA) is 51.1 Å². The Balaban J connectivity index is 1.72. The number of hydrogen-bond acceptors (Lipinski definition) is 3. The molecule has 0 aliphatic rings. The first kappa shape index (κ1) is 17.2. The van der Waals surface area contributed by atoms with Crippen LogP contribution in [0.1, 0.15) is 16.8 Å². The van der Waals surface area contributed by atoms with Crippen LogP contribution in [0.4, 0.5) is 0 Å². The van der Waals surface area contributed by atoms with Gasteiger partial charge in [-0.3, -0.25) is 0 Å². The van der Waals surface area contributed by atoms with Crippen LogP contribution in [0.5, 0.6) is 0 Å². The van der Waals surface area contributed by atoms with E-state index < -0.39 is 10.0 Å². The van der Waals surface area contributed by atoms with Crippen LogP contribution < -0.4 is 4.72 Å². The number of benzene rings is 1. The van der Waals surface area contributed by atoms with Gasteiger partial charge in [0.05, 0.1) is 10.9 Å². The average molecular weight is 381 g/mol. The number of rotatable bonds is 6. The Bertz CT molecular complexity index is 945. The lowest BCUT2D eigenvalue weighted by Crippen LogP contribution is -2.23. The van der Waals surface area contributed by atoms with Crippen molar-refractivity contribution in [2.75, 3.05) is 0 Å². The Morgan fingerprint density at radius 2 is 2.00 bits per heavy atom. The van der Waals surface area contributed by atoms with Crippen molar-refractivity contribution < 1.29 is 8.42 Å². The molecule has 2 heterocycles. The van der Waals surface area contributed by atoms with Crippen LogP contribution in [0.2, 0.25) is 4.34 Å². The van der Waals surface area contributed by atoms with Gasteiger partial charge in [-0.15, -0.1) is 11.3 Å². The molecule has 0 atom stereocenters. The third-order valence-electron chi connectivity index (χ3n) is 3.62. The molecule has 0 radical (unpaired) electrons. The van der Waals surface area contributed by atoms with Crippen LogP contribution in [0.15, 0.2) is 58.9 Å². The van der Waals surface area contributed by atoms with Crippen LogP contribution in [-0.4, -0.2) is 13.0 Å². The number of sulfonamides is 1. The largest absolute Gasteiger partial charge is 0.346 e. The molecule has 2 aromatic heterocycles. The molecular weight excluding hydrogens is 364 g/mol. The van der Waals surface area contributed by atoms with Gasteiger partial charge in [0.25, 0.3) is 0 Å². The Morgan fingerprint density at radius 3 is 2.71 bits per heavy atom. The van der Waals surface area contributed by atoms with Gasteiger partial charge in [-0.1, -0.05) is 41.4 Å². The van der Waals surface area contributed by atoms with Crippen LogP contribution in [0.3, 0.4) is 0 Å². The standard InChI is InChI=1S/C17H17ClN2O2S2/c1-13-4-2-5-14(10-13)12-20-9-3-6-15(20)11-19-24(21,22)17-8-7-16(18)23-17/h2-10,19H,11-12H2,1H3. The van der Waals surface area contributed by atoms with Gasteiger partial charge in [-0.2, -0.15) is 0 Å². The van der Waals surface area contributed by atoms with Crippen LogP contribution >= 0.6 is 22.9 Å². The maximum Gasteiger partial charge on any atom is 0.250 e. The van der Waals surface area contributed by atoms with E-state index in [0.29, 0.717) is 10.9 Å². The van der Waals surface area contributed by atoms with E-state index in [2.05, 4.69) is 29.8 Å². The van der Waals surface area contributed by atoms with E-state index in [1.807, 2.05) is 29.0 Å². The zero-order valence-electron chi connectivity index (χ0n) is 13.1. The van der Waals surface area contributed by atoms with Crippen molar-refractivity contribution in [3.05, 3.63) is 75.9 Å². The van der Waals surface area contributed by atoms with Crippen LogP contribution in [0, 0.1) is 6.92 Å².